The number of nitrogens with one attached hydrogen (secondary N) is 3. The Morgan fingerprint density at radius 2 is 1.85 bits per heavy atom. The second-order valence-electron chi connectivity index (χ2n) is 7.26. The van der Waals surface area contributed by atoms with Gasteiger partial charge in [-0.1, -0.05) is 24.3 Å². The Morgan fingerprint density at radius 1 is 1.19 bits per heavy atom. The van der Waals surface area contributed by atoms with E-state index in [4.69, 9.17) is 4.74 Å². The molecular weight excluding hydrogens is 443 g/mol. The average molecular weight is 476 g/mol. The molecule has 0 aliphatic carbocycles. The Labute approximate surface area is 174 Å². The lowest BCUT2D eigenvalue weighted by Gasteiger charge is -2.21. The van der Waals surface area contributed by atoms with E-state index in [1.807, 2.05) is 46.8 Å². The van der Waals surface area contributed by atoms with Crippen LogP contribution in [-0.2, 0) is 22.7 Å². The monoisotopic (exact) mass is 476 g/mol. The van der Waals surface area contributed by atoms with Crippen LogP contribution in [0.15, 0.2) is 29.3 Å². The number of benzene rings is 1. The van der Waals surface area contributed by atoms with Crippen LogP contribution in [0.3, 0.4) is 0 Å². The smallest absolute Gasteiger partial charge is 0.239 e. The Hall–Kier alpha value is -1.35. The fraction of sp³-hybridized carbons (Fsp3) is 0.579. The average Bonchev–Trinajstić information content (AvgIpc) is 2.52. The predicted molar refractivity (Wildman–Crippen MR) is 118 cm³/mol. The summed E-state index contributed by atoms with van der Waals surface area (Å²) in [5, 5.41) is 9.14. The highest BCUT2D eigenvalue weighted by molar-refractivity contribution is 14.0. The first-order chi connectivity index (χ1) is 11.7. The Morgan fingerprint density at radius 3 is 2.42 bits per heavy atom. The number of nitrogens with zero attached hydrogens (tertiary/aromatic N) is 1. The third kappa shape index (κ3) is 11.3. The van der Waals surface area contributed by atoms with Gasteiger partial charge in [-0.15, -0.1) is 24.0 Å². The molecule has 26 heavy (non-hydrogen) atoms. The van der Waals surface area contributed by atoms with E-state index in [9.17, 15) is 4.79 Å². The maximum Gasteiger partial charge on any atom is 0.239 e. The molecule has 0 heterocycles. The summed E-state index contributed by atoms with van der Waals surface area (Å²) in [6, 6.07) is 8.22. The van der Waals surface area contributed by atoms with Crippen molar-refractivity contribution in [1.29, 1.82) is 0 Å². The summed E-state index contributed by atoms with van der Waals surface area (Å²) in [7, 11) is 1.68. The van der Waals surface area contributed by atoms with E-state index in [0.29, 0.717) is 19.1 Å². The van der Waals surface area contributed by atoms with Crippen LogP contribution in [0.4, 0.5) is 0 Å². The van der Waals surface area contributed by atoms with E-state index in [1.54, 1.807) is 7.05 Å². The van der Waals surface area contributed by atoms with E-state index in [0.717, 1.165) is 11.1 Å². The number of aliphatic imine (C=N–C) groups is 1. The minimum Gasteiger partial charge on any atom is -0.374 e. The first-order valence-corrected chi connectivity index (χ1v) is 8.64. The van der Waals surface area contributed by atoms with Gasteiger partial charge in [-0.2, -0.15) is 0 Å². The lowest BCUT2D eigenvalue weighted by atomic mass is 10.1. The van der Waals surface area contributed by atoms with Crippen molar-refractivity contribution in [2.24, 2.45) is 4.99 Å². The molecule has 0 bridgehead atoms. The molecule has 1 aromatic rings. The van der Waals surface area contributed by atoms with Gasteiger partial charge in [0.15, 0.2) is 5.96 Å². The van der Waals surface area contributed by atoms with Gasteiger partial charge in [0.2, 0.25) is 5.91 Å². The fourth-order valence-corrected chi connectivity index (χ4v) is 2.13. The van der Waals surface area contributed by atoms with Gasteiger partial charge in [0.25, 0.3) is 0 Å². The van der Waals surface area contributed by atoms with Crippen LogP contribution in [0.1, 0.15) is 45.7 Å². The second-order valence-corrected chi connectivity index (χ2v) is 7.26. The quantitative estimate of drug-likeness (QED) is 0.322. The van der Waals surface area contributed by atoms with E-state index in [2.05, 4.69) is 33.1 Å². The molecular formula is C19H33IN4O2. The number of carbonyl (C=O) groups is 1. The number of halogens is 1. The molecule has 0 saturated heterocycles. The molecule has 1 aromatic carbocycles. The van der Waals surface area contributed by atoms with Crippen LogP contribution < -0.4 is 16.0 Å². The standard InChI is InChI=1S/C19H32N4O2.HI/c1-14(2)25-13-16-9-7-8-15(10-16)11-21-18(20-6)22-12-17(24)23-19(3,4)5;/h7-10,14H,11-13H2,1-6H3,(H,23,24)(H2,20,21,22);1H. The van der Waals surface area contributed by atoms with Gasteiger partial charge < -0.3 is 20.7 Å². The lowest BCUT2D eigenvalue weighted by molar-refractivity contribution is -0.121. The van der Waals surface area contributed by atoms with Gasteiger partial charge in [-0.25, -0.2) is 0 Å². The van der Waals surface area contributed by atoms with Crippen molar-refractivity contribution in [3.8, 4) is 0 Å². The highest BCUT2D eigenvalue weighted by Crippen LogP contribution is 2.08. The largest absolute Gasteiger partial charge is 0.374 e. The van der Waals surface area contributed by atoms with Gasteiger partial charge in [0, 0.05) is 19.1 Å². The molecule has 0 aromatic heterocycles. The minimum atomic E-state index is -0.242. The molecule has 0 saturated carbocycles. The van der Waals surface area contributed by atoms with Crippen molar-refractivity contribution in [2.75, 3.05) is 13.6 Å². The summed E-state index contributed by atoms with van der Waals surface area (Å²) in [6.07, 6.45) is 0.212. The summed E-state index contributed by atoms with van der Waals surface area (Å²) < 4.78 is 5.63. The van der Waals surface area contributed by atoms with Gasteiger partial charge >= 0.3 is 0 Å². The molecule has 1 rings (SSSR count). The second kappa shape index (κ2) is 12.1. The lowest BCUT2D eigenvalue weighted by Crippen LogP contribution is -2.48. The van der Waals surface area contributed by atoms with Crippen molar-refractivity contribution in [2.45, 2.75) is 59.4 Å². The minimum absolute atomic E-state index is 0. The van der Waals surface area contributed by atoms with Gasteiger partial charge in [-0.05, 0) is 45.7 Å². The summed E-state index contributed by atoms with van der Waals surface area (Å²) in [6.45, 7) is 11.3. The molecule has 0 spiro atoms. The molecule has 1 amide bonds. The number of amides is 1. The van der Waals surface area contributed by atoms with E-state index in [1.165, 1.54) is 0 Å². The number of guanidine groups is 1. The van der Waals surface area contributed by atoms with Gasteiger partial charge in [0.1, 0.15) is 0 Å². The first-order valence-electron chi connectivity index (χ1n) is 8.64. The summed E-state index contributed by atoms with van der Waals surface area (Å²) in [5.74, 6) is 0.524. The third-order valence-electron chi connectivity index (χ3n) is 3.19. The summed E-state index contributed by atoms with van der Waals surface area (Å²) in [4.78, 5) is 16.0. The van der Waals surface area contributed by atoms with E-state index in [-0.39, 0.29) is 48.1 Å². The predicted octanol–water partition coefficient (Wildman–Crippen LogP) is 2.81. The zero-order valence-corrected chi connectivity index (χ0v) is 19.0. The molecule has 0 aliphatic rings. The molecule has 7 heteroatoms. The number of carbonyl (C=O) groups excluding carboxylic acids is 1. The SMILES string of the molecule is CN=C(NCC(=O)NC(C)(C)C)NCc1cccc(COC(C)C)c1.I. The van der Waals surface area contributed by atoms with Crippen molar-refractivity contribution in [3.05, 3.63) is 35.4 Å². The van der Waals surface area contributed by atoms with Crippen molar-refractivity contribution < 1.29 is 9.53 Å². The molecule has 0 aliphatic heterocycles. The van der Waals surface area contributed by atoms with Gasteiger partial charge in [-0.3, -0.25) is 9.79 Å². The Bertz CT molecular complexity index is 583. The third-order valence-corrected chi connectivity index (χ3v) is 3.19. The summed E-state index contributed by atoms with van der Waals surface area (Å²) >= 11 is 0. The van der Waals surface area contributed by atoms with Crippen LogP contribution in [0.5, 0.6) is 0 Å². The maximum atomic E-state index is 11.9. The number of rotatable bonds is 7. The van der Waals surface area contributed by atoms with Crippen LogP contribution in [0, 0.1) is 0 Å². The molecule has 0 radical (unpaired) electrons. The Balaban J connectivity index is 0.00000625. The Kier molecular flexibility index (Phi) is 11.5. The highest BCUT2D eigenvalue weighted by Gasteiger charge is 2.13. The molecule has 148 valence electrons. The first kappa shape index (κ1) is 24.7. The van der Waals surface area contributed by atoms with Crippen molar-refractivity contribution >= 4 is 35.8 Å². The van der Waals surface area contributed by atoms with Crippen molar-refractivity contribution in [1.82, 2.24) is 16.0 Å². The van der Waals surface area contributed by atoms with E-state index >= 15 is 0 Å². The zero-order chi connectivity index (χ0) is 18.9. The topological polar surface area (TPSA) is 74.8 Å². The van der Waals surface area contributed by atoms with Crippen molar-refractivity contribution in [3.63, 3.8) is 0 Å². The normalized spacial score (nSPS) is 11.7. The molecule has 0 fully saturated rings. The maximum absolute atomic E-state index is 11.9. The van der Waals surface area contributed by atoms with Gasteiger partial charge in [0.05, 0.1) is 19.3 Å². The highest BCUT2D eigenvalue weighted by atomic mass is 127. The zero-order valence-electron chi connectivity index (χ0n) is 16.7. The molecule has 0 unspecified atom stereocenters. The summed E-state index contributed by atoms with van der Waals surface area (Å²) in [5.41, 5.74) is 2.03. The molecule has 0 atom stereocenters. The van der Waals surface area contributed by atoms with Crippen LogP contribution in [0.25, 0.3) is 0 Å². The van der Waals surface area contributed by atoms with Crippen LogP contribution in [0.2, 0.25) is 0 Å². The number of ether oxygens (including phenoxy) is 1. The number of hydrogen-bond acceptors (Lipinski definition) is 3. The fourth-order valence-electron chi connectivity index (χ4n) is 2.13. The van der Waals surface area contributed by atoms with E-state index < -0.39 is 0 Å². The number of hydrogen-bond donors (Lipinski definition) is 3. The molecule has 3 N–H and O–H groups in total. The van der Waals surface area contributed by atoms with Crippen LogP contribution in [-0.4, -0.2) is 37.1 Å². The van der Waals surface area contributed by atoms with Crippen LogP contribution >= 0.6 is 24.0 Å². The molecule has 6 nitrogen and oxygen atoms in total.